The van der Waals surface area contributed by atoms with Crippen LogP contribution in [0.25, 0.3) is 0 Å². The van der Waals surface area contributed by atoms with Crippen LogP contribution in [-0.2, 0) is 6.42 Å². The topological polar surface area (TPSA) is 80.5 Å². The number of carbonyl (C=O) groups is 1. The van der Waals surface area contributed by atoms with Gasteiger partial charge in [-0.1, -0.05) is 36.5 Å². The van der Waals surface area contributed by atoms with Crippen molar-refractivity contribution in [3.8, 4) is 5.75 Å². The predicted octanol–water partition coefficient (Wildman–Crippen LogP) is 4.59. The van der Waals surface area contributed by atoms with Crippen molar-refractivity contribution >= 4 is 33.8 Å². The van der Waals surface area contributed by atoms with Gasteiger partial charge in [-0.25, -0.2) is 4.98 Å². The second-order valence-electron chi connectivity index (χ2n) is 7.39. The Hall–Kier alpha value is -2.90. The number of thiazole rings is 1. The third-order valence-electron chi connectivity index (χ3n) is 4.94. The Balaban J connectivity index is 1.67. The first-order valence-electron chi connectivity index (χ1n) is 9.93. The molecule has 1 heterocycles. The van der Waals surface area contributed by atoms with Crippen LogP contribution in [0.2, 0.25) is 0 Å². The summed E-state index contributed by atoms with van der Waals surface area (Å²) in [5, 5.41) is 3.80. The molecule has 0 saturated heterocycles. The number of aromatic nitrogens is 1. The summed E-state index contributed by atoms with van der Waals surface area (Å²) in [4.78, 5) is 19.7. The molecule has 30 heavy (non-hydrogen) atoms. The summed E-state index contributed by atoms with van der Waals surface area (Å²) in [6, 6.07) is 15.6. The van der Waals surface area contributed by atoms with Crippen LogP contribution >= 0.6 is 11.3 Å². The molecule has 0 amide bonds. The van der Waals surface area contributed by atoms with Gasteiger partial charge in [0.15, 0.2) is 5.13 Å². The lowest BCUT2D eigenvalue weighted by molar-refractivity contribution is 0.104. The van der Waals surface area contributed by atoms with Crippen LogP contribution in [-0.4, -0.2) is 42.4 Å². The largest absolute Gasteiger partial charge is 0.492 e. The molecule has 0 aliphatic carbocycles. The SMILES string of the molecule is CCc1cccc(C(=O)c2sc(Nc3ccc(OCC(C)N(C)C)cc3)nc2N)c1. The molecule has 0 bridgehead atoms. The lowest BCUT2D eigenvalue weighted by atomic mass is 10.1. The first kappa shape index (κ1) is 21.8. The Morgan fingerprint density at radius 3 is 2.63 bits per heavy atom. The molecule has 3 rings (SSSR count). The van der Waals surface area contributed by atoms with Crippen molar-refractivity contribution < 1.29 is 9.53 Å². The quantitative estimate of drug-likeness (QED) is 0.489. The van der Waals surface area contributed by atoms with E-state index in [4.69, 9.17) is 10.5 Å². The Morgan fingerprint density at radius 1 is 1.23 bits per heavy atom. The van der Waals surface area contributed by atoms with Crippen molar-refractivity contribution in [2.75, 3.05) is 31.8 Å². The van der Waals surface area contributed by atoms with Gasteiger partial charge >= 0.3 is 0 Å². The van der Waals surface area contributed by atoms with E-state index >= 15 is 0 Å². The number of likely N-dealkylation sites (N-methyl/N-ethyl adjacent to an activating group) is 1. The molecular formula is C23H28N4O2S. The van der Waals surface area contributed by atoms with Crippen molar-refractivity contribution in [2.45, 2.75) is 26.3 Å². The molecule has 0 fully saturated rings. The van der Waals surface area contributed by atoms with Gasteiger partial charge < -0.3 is 20.7 Å². The van der Waals surface area contributed by atoms with Gasteiger partial charge in [0, 0.05) is 17.3 Å². The van der Waals surface area contributed by atoms with Crippen molar-refractivity contribution in [3.05, 3.63) is 64.5 Å². The Kier molecular flexibility index (Phi) is 7.07. The molecule has 1 aromatic heterocycles. The molecule has 0 saturated carbocycles. The van der Waals surface area contributed by atoms with E-state index in [1.165, 1.54) is 11.3 Å². The maximum absolute atomic E-state index is 12.9. The summed E-state index contributed by atoms with van der Waals surface area (Å²) in [7, 11) is 4.06. The van der Waals surface area contributed by atoms with E-state index in [2.05, 4.69) is 29.0 Å². The second-order valence-corrected chi connectivity index (χ2v) is 8.39. The number of aryl methyl sites for hydroxylation is 1. The summed E-state index contributed by atoms with van der Waals surface area (Å²) in [5.41, 5.74) is 8.63. The third-order valence-corrected chi connectivity index (χ3v) is 5.92. The Morgan fingerprint density at radius 2 is 1.97 bits per heavy atom. The van der Waals surface area contributed by atoms with Gasteiger partial charge in [-0.15, -0.1) is 0 Å². The lowest BCUT2D eigenvalue weighted by Crippen LogP contribution is -2.30. The smallest absolute Gasteiger partial charge is 0.206 e. The van der Waals surface area contributed by atoms with Crippen LogP contribution in [0.4, 0.5) is 16.6 Å². The van der Waals surface area contributed by atoms with Gasteiger partial charge in [-0.3, -0.25) is 4.79 Å². The number of hydrogen-bond donors (Lipinski definition) is 2. The monoisotopic (exact) mass is 424 g/mol. The number of nitrogens with one attached hydrogen (secondary N) is 1. The number of hydrogen-bond acceptors (Lipinski definition) is 7. The van der Waals surface area contributed by atoms with Gasteiger partial charge in [0.25, 0.3) is 0 Å². The molecule has 1 atom stereocenters. The molecule has 3 N–H and O–H groups in total. The number of benzene rings is 2. The minimum atomic E-state index is -0.105. The highest BCUT2D eigenvalue weighted by Gasteiger charge is 2.18. The molecule has 0 spiro atoms. The molecule has 0 aliphatic heterocycles. The van der Waals surface area contributed by atoms with Gasteiger partial charge in [0.05, 0.1) is 0 Å². The highest BCUT2D eigenvalue weighted by molar-refractivity contribution is 7.18. The minimum absolute atomic E-state index is 0.105. The average molecular weight is 425 g/mol. The Bertz CT molecular complexity index is 999. The van der Waals surface area contributed by atoms with Crippen molar-refractivity contribution in [2.24, 2.45) is 0 Å². The second kappa shape index (κ2) is 9.73. The van der Waals surface area contributed by atoms with Crippen LogP contribution in [0.1, 0.15) is 34.6 Å². The molecule has 0 aliphatic rings. The number of ether oxygens (including phenoxy) is 1. The zero-order chi connectivity index (χ0) is 21.7. The molecule has 3 aromatic rings. The first-order valence-corrected chi connectivity index (χ1v) is 10.7. The number of ketones is 1. The zero-order valence-electron chi connectivity index (χ0n) is 17.8. The minimum Gasteiger partial charge on any atom is -0.492 e. The number of nitrogens with zero attached hydrogens (tertiary/aromatic N) is 2. The number of rotatable bonds is 9. The van der Waals surface area contributed by atoms with Crippen LogP contribution in [0.15, 0.2) is 48.5 Å². The van der Waals surface area contributed by atoms with E-state index in [-0.39, 0.29) is 11.6 Å². The zero-order valence-corrected chi connectivity index (χ0v) is 18.6. The summed E-state index contributed by atoms with van der Waals surface area (Å²) in [5.74, 6) is 0.943. The van der Waals surface area contributed by atoms with E-state index in [0.717, 1.165) is 23.4 Å². The highest BCUT2D eigenvalue weighted by atomic mass is 32.1. The average Bonchev–Trinajstić information content (AvgIpc) is 3.12. The summed E-state index contributed by atoms with van der Waals surface area (Å²) >= 11 is 1.26. The lowest BCUT2D eigenvalue weighted by Gasteiger charge is -2.20. The third kappa shape index (κ3) is 5.37. The maximum Gasteiger partial charge on any atom is 0.206 e. The van der Waals surface area contributed by atoms with Gasteiger partial charge in [0.2, 0.25) is 5.78 Å². The molecule has 0 radical (unpaired) electrons. The molecule has 2 aromatic carbocycles. The number of anilines is 3. The summed E-state index contributed by atoms with van der Waals surface area (Å²) in [6.45, 7) is 4.79. The number of nitrogen functional groups attached to an aromatic ring is 1. The summed E-state index contributed by atoms with van der Waals surface area (Å²) in [6.07, 6.45) is 0.875. The van der Waals surface area contributed by atoms with Crippen LogP contribution < -0.4 is 15.8 Å². The molecule has 1 unspecified atom stereocenters. The van der Waals surface area contributed by atoms with Crippen LogP contribution in [0, 0.1) is 0 Å². The molecular weight excluding hydrogens is 396 g/mol. The summed E-state index contributed by atoms with van der Waals surface area (Å²) < 4.78 is 5.81. The Labute approximate surface area is 181 Å². The van der Waals surface area contributed by atoms with Gasteiger partial charge in [-0.05, 0) is 63.3 Å². The number of nitrogens with two attached hydrogens (primary N) is 1. The number of carbonyl (C=O) groups excluding carboxylic acids is 1. The fourth-order valence-electron chi connectivity index (χ4n) is 2.74. The maximum atomic E-state index is 12.9. The van der Waals surface area contributed by atoms with Crippen molar-refractivity contribution in [1.82, 2.24) is 9.88 Å². The van der Waals surface area contributed by atoms with Crippen molar-refractivity contribution in [1.29, 1.82) is 0 Å². The van der Waals surface area contributed by atoms with E-state index in [0.29, 0.717) is 28.2 Å². The first-order chi connectivity index (χ1) is 14.4. The van der Waals surface area contributed by atoms with E-state index in [1.54, 1.807) is 0 Å². The van der Waals surface area contributed by atoms with Crippen LogP contribution in [0.3, 0.4) is 0 Å². The van der Waals surface area contributed by atoms with E-state index < -0.39 is 0 Å². The normalized spacial score (nSPS) is 12.0. The fourth-order valence-corrected chi connectivity index (χ4v) is 3.60. The molecule has 6 nitrogen and oxygen atoms in total. The van der Waals surface area contributed by atoms with Gasteiger partial charge in [-0.2, -0.15) is 0 Å². The highest BCUT2D eigenvalue weighted by Crippen LogP contribution is 2.30. The van der Waals surface area contributed by atoms with E-state index in [9.17, 15) is 4.79 Å². The van der Waals surface area contributed by atoms with Gasteiger partial charge in [0.1, 0.15) is 23.1 Å². The molecule has 7 heteroatoms. The van der Waals surface area contributed by atoms with Crippen molar-refractivity contribution in [3.63, 3.8) is 0 Å². The van der Waals surface area contributed by atoms with Crippen LogP contribution in [0.5, 0.6) is 5.75 Å². The molecule has 158 valence electrons. The standard InChI is InChI=1S/C23H28N4O2S/c1-5-16-7-6-8-17(13-16)20(28)21-22(24)26-23(30-21)25-18-9-11-19(12-10-18)29-14-15(2)27(3)4/h6-13,15H,5,14,24H2,1-4H3,(H,25,26). The van der Waals surface area contributed by atoms with E-state index in [1.807, 2.05) is 62.6 Å². The fraction of sp³-hybridized carbons (Fsp3) is 0.304. The predicted molar refractivity (Wildman–Crippen MR) is 124 cm³/mol.